The second-order valence-corrected chi connectivity index (χ2v) is 2.84. The predicted molar refractivity (Wildman–Crippen MR) is 31.3 cm³/mol. The van der Waals surface area contributed by atoms with E-state index in [4.69, 9.17) is 0 Å². The lowest BCUT2D eigenvalue weighted by molar-refractivity contribution is -0.0405. The van der Waals surface area contributed by atoms with Crippen molar-refractivity contribution in [1.29, 1.82) is 0 Å². The summed E-state index contributed by atoms with van der Waals surface area (Å²) in [5.41, 5.74) is 0. The number of ether oxygens (including phenoxy) is 2. The molecule has 0 heterocycles. The summed E-state index contributed by atoms with van der Waals surface area (Å²) in [5.74, 6) is 0. The van der Waals surface area contributed by atoms with Crippen LogP contribution in [0, 0.1) is 0 Å². The Morgan fingerprint density at radius 3 is 1.75 bits per heavy atom. The molecular formula is C4H10O3P+. The van der Waals surface area contributed by atoms with Crippen LogP contribution >= 0.6 is 7.80 Å². The van der Waals surface area contributed by atoms with E-state index in [-0.39, 0.29) is 0 Å². The molecule has 4 heteroatoms. The second kappa shape index (κ2) is 3.96. The van der Waals surface area contributed by atoms with Gasteiger partial charge >= 0.3 is 13.8 Å². The normalized spacial score (nSPS) is 12.2. The summed E-state index contributed by atoms with van der Waals surface area (Å²) >= 11 is 0. The Bertz CT molecular complexity index is 79.4. The fourth-order valence-corrected chi connectivity index (χ4v) is 0.987. The van der Waals surface area contributed by atoms with Gasteiger partial charge in [0.25, 0.3) is 0 Å². The molecule has 0 saturated heterocycles. The van der Waals surface area contributed by atoms with Gasteiger partial charge in [-0.25, -0.2) is 0 Å². The molecule has 0 bridgehead atoms. The first-order valence-electron chi connectivity index (χ1n) is 2.18. The van der Waals surface area contributed by atoms with Crippen molar-refractivity contribution in [2.45, 2.75) is 6.03 Å². The molecule has 0 aromatic heterocycles. The van der Waals surface area contributed by atoms with Crippen LogP contribution in [0.5, 0.6) is 0 Å². The van der Waals surface area contributed by atoms with Gasteiger partial charge in [0, 0.05) is 14.2 Å². The van der Waals surface area contributed by atoms with E-state index >= 15 is 0 Å². The Morgan fingerprint density at radius 1 is 1.38 bits per heavy atom. The van der Waals surface area contributed by atoms with Crippen molar-refractivity contribution in [3.8, 4) is 0 Å². The van der Waals surface area contributed by atoms with E-state index in [0.29, 0.717) is 0 Å². The van der Waals surface area contributed by atoms with Crippen LogP contribution in [-0.2, 0) is 14.0 Å². The lowest BCUT2D eigenvalue weighted by Crippen LogP contribution is -2.06. The Labute approximate surface area is 49.8 Å². The van der Waals surface area contributed by atoms with E-state index in [0.717, 1.165) is 0 Å². The van der Waals surface area contributed by atoms with Gasteiger partial charge in [0.15, 0.2) is 0 Å². The maximum Gasteiger partial charge on any atom is 0.398 e. The van der Waals surface area contributed by atoms with E-state index in [2.05, 4.69) is 9.47 Å². The molecule has 0 aliphatic carbocycles. The maximum atomic E-state index is 10.5. The molecule has 3 nitrogen and oxygen atoms in total. The fourth-order valence-electron chi connectivity index (χ4n) is 0.393. The molecule has 1 atom stereocenters. The Balaban J connectivity index is 3.52. The zero-order valence-corrected chi connectivity index (χ0v) is 6.14. The van der Waals surface area contributed by atoms with Crippen LogP contribution < -0.4 is 0 Å². The van der Waals surface area contributed by atoms with Crippen molar-refractivity contribution < 1.29 is 14.0 Å². The van der Waals surface area contributed by atoms with Crippen molar-refractivity contribution in [3.05, 3.63) is 0 Å². The van der Waals surface area contributed by atoms with Gasteiger partial charge in [-0.1, -0.05) is 4.57 Å². The van der Waals surface area contributed by atoms with Gasteiger partial charge in [0.05, 0.1) is 0 Å². The maximum absolute atomic E-state index is 10.5. The highest BCUT2D eigenvalue weighted by Crippen LogP contribution is 2.22. The average molecular weight is 137 g/mol. The first kappa shape index (κ1) is 8.02. The minimum absolute atomic E-state index is 0.537. The molecule has 0 amide bonds. The van der Waals surface area contributed by atoms with Crippen LogP contribution in [0.25, 0.3) is 0 Å². The summed E-state index contributed by atoms with van der Waals surface area (Å²) in [6.07, 6.45) is 0. The number of hydrogen-bond donors (Lipinski definition) is 0. The molecule has 0 aromatic carbocycles. The quantitative estimate of drug-likeness (QED) is 0.430. The summed E-state index contributed by atoms with van der Waals surface area (Å²) in [6, 6.07) is -0.537. The van der Waals surface area contributed by atoms with Crippen molar-refractivity contribution in [2.75, 3.05) is 20.9 Å². The van der Waals surface area contributed by atoms with Gasteiger partial charge in [0.2, 0.25) is 0 Å². The Hall–Kier alpha value is 0.0200. The van der Waals surface area contributed by atoms with Crippen LogP contribution in [0.3, 0.4) is 0 Å². The van der Waals surface area contributed by atoms with Crippen molar-refractivity contribution in [1.82, 2.24) is 0 Å². The van der Waals surface area contributed by atoms with Gasteiger partial charge in [-0.2, -0.15) is 0 Å². The smallest absolute Gasteiger partial charge is 0.316 e. The van der Waals surface area contributed by atoms with E-state index in [1.54, 1.807) is 6.66 Å². The van der Waals surface area contributed by atoms with Gasteiger partial charge < -0.3 is 9.47 Å². The molecular weight excluding hydrogens is 127 g/mol. The lowest BCUT2D eigenvalue weighted by Gasteiger charge is -1.97. The van der Waals surface area contributed by atoms with Crippen molar-refractivity contribution in [2.24, 2.45) is 0 Å². The minimum Gasteiger partial charge on any atom is -0.316 e. The van der Waals surface area contributed by atoms with Crippen LogP contribution in [0.15, 0.2) is 0 Å². The highest BCUT2D eigenvalue weighted by Gasteiger charge is 2.22. The Morgan fingerprint density at radius 2 is 1.75 bits per heavy atom. The fraction of sp³-hybridized carbons (Fsp3) is 1.00. The lowest BCUT2D eigenvalue weighted by atomic mass is 11.3. The largest absolute Gasteiger partial charge is 0.398 e. The van der Waals surface area contributed by atoms with Crippen molar-refractivity contribution in [3.63, 3.8) is 0 Å². The van der Waals surface area contributed by atoms with Crippen LogP contribution in [0.4, 0.5) is 0 Å². The summed E-state index contributed by atoms with van der Waals surface area (Å²) in [5, 5.41) is 0. The minimum atomic E-state index is -1.36. The first-order chi connectivity index (χ1) is 3.72. The average Bonchev–Trinajstić information content (AvgIpc) is 1.69. The summed E-state index contributed by atoms with van der Waals surface area (Å²) in [7, 11) is 1.57. The van der Waals surface area contributed by atoms with E-state index in [1.165, 1.54) is 14.2 Å². The first-order valence-corrected chi connectivity index (χ1v) is 3.95. The molecule has 48 valence electrons. The third-order valence-electron chi connectivity index (χ3n) is 0.700. The molecule has 0 spiro atoms. The summed E-state index contributed by atoms with van der Waals surface area (Å²) in [4.78, 5) is 0. The van der Waals surface area contributed by atoms with Gasteiger partial charge in [0.1, 0.15) is 6.66 Å². The molecule has 0 aromatic rings. The topological polar surface area (TPSA) is 35.5 Å². The molecule has 0 fully saturated rings. The number of hydrogen-bond acceptors (Lipinski definition) is 3. The third-order valence-corrected chi connectivity index (χ3v) is 1.72. The molecule has 0 radical (unpaired) electrons. The number of methoxy groups -OCH3 is 2. The zero-order valence-electron chi connectivity index (χ0n) is 5.25. The monoisotopic (exact) mass is 137 g/mol. The standard InChI is InChI=1S/C4H10O3P/c1-6-4(7-2)8(3)5/h4H,1-3H3/q+1. The van der Waals surface area contributed by atoms with E-state index in [9.17, 15) is 4.57 Å². The van der Waals surface area contributed by atoms with Gasteiger partial charge in [-0.3, -0.25) is 0 Å². The van der Waals surface area contributed by atoms with Gasteiger partial charge in [-0.15, -0.1) is 0 Å². The third kappa shape index (κ3) is 2.36. The number of rotatable bonds is 3. The van der Waals surface area contributed by atoms with Crippen LogP contribution in [0.2, 0.25) is 0 Å². The molecule has 0 rings (SSSR count). The van der Waals surface area contributed by atoms with Crippen LogP contribution in [-0.4, -0.2) is 26.9 Å². The van der Waals surface area contributed by atoms with E-state index in [1.807, 2.05) is 0 Å². The van der Waals surface area contributed by atoms with Crippen LogP contribution in [0.1, 0.15) is 0 Å². The summed E-state index contributed by atoms with van der Waals surface area (Å²) in [6.45, 7) is 1.56. The molecule has 0 aliphatic rings. The predicted octanol–water partition coefficient (Wildman–Crippen LogP) is 1.02. The van der Waals surface area contributed by atoms with Gasteiger partial charge in [-0.05, 0) is 0 Å². The molecule has 0 saturated carbocycles. The molecule has 1 unspecified atom stereocenters. The Kier molecular flexibility index (Phi) is 3.97. The molecule has 8 heavy (non-hydrogen) atoms. The summed E-state index contributed by atoms with van der Waals surface area (Å²) < 4.78 is 19.8. The van der Waals surface area contributed by atoms with Crippen molar-refractivity contribution >= 4 is 7.80 Å². The highest BCUT2D eigenvalue weighted by molar-refractivity contribution is 7.44. The molecule has 0 aliphatic heterocycles. The SMILES string of the molecule is COC(OC)[P+](C)=O. The highest BCUT2D eigenvalue weighted by atomic mass is 31.1. The zero-order chi connectivity index (χ0) is 6.57. The van der Waals surface area contributed by atoms with E-state index < -0.39 is 13.8 Å². The molecule has 0 N–H and O–H groups in total. The second-order valence-electron chi connectivity index (χ2n) is 1.32.